The lowest BCUT2D eigenvalue weighted by molar-refractivity contribution is -0.118. The highest BCUT2D eigenvalue weighted by atomic mass is 32.2. The Kier molecular flexibility index (Phi) is 4.61. The molecule has 0 saturated carbocycles. The smallest absolute Gasteiger partial charge is 0.237 e. The van der Waals surface area contributed by atoms with Gasteiger partial charge in [-0.05, 0) is 19.9 Å². The molecule has 1 amide bonds. The van der Waals surface area contributed by atoms with Crippen LogP contribution in [-0.2, 0) is 17.1 Å². The predicted molar refractivity (Wildman–Crippen MR) is 88.0 cm³/mol. The fraction of sp³-hybridized carbons (Fsp3) is 0.267. The second-order valence-corrected chi connectivity index (χ2v) is 6.19. The molecule has 0 radical (unpaired) electrons. The molecule has 0 unspecified atom stereocenters. The number of aryl methyl sites for hydroxylation is 2. The van der Waals surface area contributed by atoms with Crippen LogP contribution in [0.3, 0.4) is 0 Å². The summed E-state index contributed by atoms with van der Waals surface area (Å²) in [5, 5.41) is 12.7. The van der Waals surface area contributed by atoms with Crippen molar-refractivity contribution < 1.29 is 9.32 Å². The van der Waals surface area contributed by atoms with Crippen molar-refractivity contribution in [2.75, 3.05) is 0 Å². The van der Waals surface area contributed by atoms with Crippen molar-refractivity contribution in [3.63, 3.8) is 0 Å². The standard InChI is InChI=1S/C15H16N6O2S/c1-9-4-3-5-11(6-9)14-18-19-15(21(14)7-12(16)22)24-8-13-17-10(2)20-23-13/h3-6H,7-8H2,1-2H3,(H2,16,22). The Hall–Kier alpha value is -2.68. The Morgan fingerprint density at radius 3 is 2.83 bits per heavy atom. The zero-order valence-electron chi connectivity index (χ0n) is 13.3. The third-order valence-electron chi connectivity index (χ3n) is 3.20. The Balaban J connectivity index is 1.90. The van der Waals surface area contributed by atoms with Gasteiger partial charge in [-0.3, -0.25) is 9.36 Å². The molecule has 2 N–H and O–H groups in total. The first-order valence-corrected chi connectivity index (χ1v) is 8.22. The SMILES string of the molecule is Cc1cccc(-c2nnc(SCc3nc(C)no3)n2CC(N)=O)c1. The summed E-state index contributed by atoms with van der Waals surface area (Å²) in [6.07, 6.45) is 0. The third-order valence-corrected chi connectivity index (χ3v) is 4.15. The Morgan fingerprint density at radius 1 is 1.33 bits per heavy atom. The van der Waals surface area contributed by atoms with Gasteiger partial charge in [0, 0.05) is 5.56 Å². The van der Waals surface area contributed by atoms with E-state index in [0.717, 1.165) is 11.1 Å². The minimum Gasteiger partial charge on any atom is -0.368 e. The molecule has 3 rings (SSSR count). The molecule has 8 nitrogen and oxygen atoms in total. The average molecular weight is 344 g/mol. The number of benzene rings is 1. The Morgan fingerprint density at radius 2 is 2.17 bits per heavy atom. The first kappa shape index (κ1) is 16.2. The summed E-state index contributed by atoms with van der Waals surface area (Å²) in [6, 6.07) is 7.83. The number of hydrogen-bond donors (Lipinski definition) is 1. The molecule has 0 saturated heterocycles. The van der Waals surface area contributed by atoms with Crippen molar-refractivity contribution in [2.24, 2.45) is 5.73 Å². The molecular formula is C15H16N6O2S. The number of nitrogens with two attached hydrogens (primary N) is 1. The molecule has 0 spiro atoms. The van der Waals surface area contributed by atoms with Crippen molar-refractivity contribution in [3.05, 3.63) is 41.5 Å². The summed E-state index contributed by atoms with van der Waals surface area (Å²) in [6.45, 7) is 3.75. The van der Waals surface area contributed by atoms with Crippen LogP contribution < -0.4 is 5.73 Å². The third kappa shape index (κ3) is 3.62. The molecule has 3 aromatic rings. The van der Waals surface area contributed by atoms with E-state index in [1.165, 1.54) is 11.8 Å². The van der Waals surface area contributed by atoms with E-state index >= 15 is 0 Å². The van der Waals surface area contributed by atoms with Crippen LogP contribution in [0, 0.1) is 13.8 Å². The van der Waals surface area contributed by atoms with Gasteiger partial charge in [0.25, 0.3) is 0 Å². The van der Waals surface area contributed by atoms with Crippen LogP contribution in [0.5, 0.6) is 0 Å². The topological polar surface area (TPSA) is 113 Å². The van der Waals surface area contributed by atoms with Crippen molar-refractivity contribution in [2.45, 2.75) is 31.3 Å². The molecule has 0 aliphatic rings. The number of nitrogens with zero attached hydrogens (tertiary/aromatic N) is 5. The van der Waals surface area contributed by atoms with Crippen molar-refractivity contribution in [3.8, 4) is 11.4 Å². The average Bonchev–Trinajstić information content (AvgIpc) is 3.11. The summed E-state index contributed by atoms with van der Waals surface area (Å²) in [5.74, 6) is 1.64. The number of rotatable bonds is 6. The van der Waals surface area contributed by atoms with Crippen LogP contribution in [0.2, 0.25) is 0 Å². The van der Waals surface area contributed by atoms with Crippen molar-refractivity contribution >= 4 is 17.7 Å². The lowest BCUT2D eigenvalue weighted by Crippen LogP contribution is -2.20. The first-order valence-electron chi connectivity index (χ1n) is 7.23. The van der Waals surface area contributed by atoms with Crippen LogP contribution in [0.1, 0.15) is 17.3 Å². The molecule has 2 aromatic heterocycles. The number of thioether (sulfide) groups is 1. The molecule has 0 fully saturated rings. The van der Waals surface area contributed by atoms with Gasteiger partial charge in [-0.15, -0.1) is 10.2 Å². The molecule has 0 bridgehead atoms. The minimum absolute atomic E-state index is 0.00146. The van der Waals surface area contributed by atoms with E-state index in [0.29, 0.717) is 28.4 Å². The molecule has 0 aliphatic heterocycles. The van der Waals surface area contributed by atoms with Gasteiger partial charge < -0.3 is 10.3 Å². The fourth-order valence-electron chi connectivity index (χ4n) is 2.22. The largest absolute Gasteiger partial charge is 0.368 e. The highest BCUT2D eigenvalue weighted by Crippen LogP contribution is 2.26. The maximum atomic E-state index is 11.4. The van der Waals surface area contributed by atoms with E-state index in [9.17, 15) is 4.79 Å². The van der Waals surface area contributed by atoms with Crippen LogP contribution in [0.25, 0.3) is 11.4 Å². The molecule has 9 heteroatoms. The van der Waals surface area contributed by atoms with Crippen LogP contribution in [-0.4, -0.2) is 30.8 Å². The highest BCUT2D eigenvalue weighted by Gasteiger charge is 2.17. The lowest BCUT2D eigenvalue weighted by atomic mass is 10.1. The van der Waals surface area contributed by atoms with E-state index in [4.69, 9.17) is 10.3 Å². The van der Waals surface area contributed by atoms with Gasteiger partial charge in [0.15, 0.2) is 16.8 Å². The molecule has 2 heterocycles. The first-order chi connectivity index (χ1) is 11.5. The second-order valence-electron chi connectivity index (χ2n) is 5.25. The monoisotopic (exact) mass is 344 g/mol. The zero-order chi connectivity index (χ0) is 17.1. The fourth-order valence-corrected chi connectivity index (χ4v) is 2.99. The maximum Gasteiger partial charge on any atom is 0.237 e. The summed E-state index contributed by atoms with van der Waals surface area (Å²) >= 11 is 1.36. The molecule has 1 aromatic carbocycles. The van der Waals surface area contributed by atoms with Gasteiger partial charge in [-0.2, -0.15) is 4.98 Å². The van der Waals surface area contributed by atoms with Gasteiger partial charge in [0.2, 0.25) is 11.8 Å². The summed E-state index contributed by atoms with van der Waals surface area (Å²) in [4.78, 5) is 15.6. The van der Waals surface area contributed by atoms with Crippen LogP contribution in [0.4, 0.5) is 0 Å². The lowest BCUT2D eigenvalue weighted by Gasteiger charge is -2.08. The summed E-state index contributed by atoms with van der Waals surface area (Å²) in [5.41, 5.74) is 7.35. The van der Waals surface area contributed by atoms with E-state index in [1.807, 2.05) is 31.2 Å². The van der Waals surface area contributed by atoms with Gasteiger partial charge >= 0.3 is 0 Å². The van der Waals surface area contributed by atoms with Gasteiger partial charge in [0.05, 0.1) is 5.75 Å². The van der Waals surface area contributed by atoms with Crippen molar-refractivity contribution in [1.82, 2.24) is 24.9 Å². The molecule has 124 valence electrons. The normalized spacial score (nSPS) is 10.9. The molecule has 0 atom stereocenters. The van der Waals surface area contributed by atoms with Crippen LogP contribution in [0.15, 0.2) is 33.9 Å². The summed E-state index contributed by atoms with van der Waals surface area (Å²) < 4.78 is 6.78. The predicted octanol–water partition coefficient (Wildman–Crippen LogP) is 1.72. The number of carbonyl (C=O) groups excluding carboxylic acids is 1. The number of aromatic nitrogens is 5. The number of carbonyl (C=O) groups is 1. The van der Waals surface area contributed by atoms with E-state index < -0.39 is 5.91 Å². The number of hydrogen-bond acceptors (Lipinski definition) is 7. The highest BCUT2D eigenvalue weighted by molar-refractivity contribution is 7.98. The number of primary amides is 1. The minimum atomic E-state index is -0.459. The number of amides is 1. The van der Waals surface area contributed by atoms with Gasteiger partial charge in [-0.25, -0.2) is 0 Å². The van der Waals surface area contributed by atoms with E-state index in [1.54, 1.807) is 11.5 Å². The van der Waals surface area contributed by atoms with Gasteiger partial charge in [0.1, 0.15) is 6.54 Å². The molecule has 24 heavy (non-hydrogen) atoms. The van der Waals surface area contributed by atoms with Crippen molar-refractivity contribution in [1.29, 1.82) is 0 Å². The molecule has 0 aliphatic carbocycles. The van der Waals surface area contributed by atoms with E-state index in [2.05, 4.69) is 20.3 Å². The van der Waals surface area contributed by atoms with Crippen LogP contribution >= 0.6 is 11.8 Å². The Labute approximate surface area is 142 Å². The molecular weight excluding hydrogens is 328 g/mol. The quantitative estimate of drug-likeness (QED) is 0.677. The van der Waals surface area contributed by atoms with E-state index in [-0.39, 0.29) is 6.54 Å². The second kappa shape index (κ2) is 6.83. The summed E-state index contributed by atoms with van der Waals surface area (Å²) in [7, 11) is 0. The maximum absolute atomic E-state index is 11.4. The zero-order valence-corrected chi connectivity index (χ0v) is 14.1. The van der Waals surface area contributed by atoms with Gasteiger partial charge in [-0.1, -0.05) is 40.7 Å². The Bertz CT molecular complexity index is 872.